The molecule has 0 fully saturated rings. The van der Waals surface area contributed by atoms with E-state index in [1.165, 1.54) is 4.68 Å². The molecule has 0 amide bonds. The van der Waals surface area contributed by atoms with Gasteiger partial charge in [-0.1, -0.05) is 36.4 Å². The molecule has 0 radical (unpaired) electrons. The maximum atomic E-state index is 12.8. The van der Waals surface area contributed by atoms with E-state index in [0.717, 1.165) is 5.56 Å². The largest absolute Gasteiger partial charge is 0.276 e. The molecule has 4 rings (SSSR count). The van der Waals surface area contributed by atoms with Crippen molar-refractivity contribution in [1.29, 1.82) is 0 Å². The van der Waals surface area contributed by atoms with Crippen molar-refractivity contribution in [3.8, 4) is 11.4 Å². The Bertz CT molecular complexity index is 1040. The first-order valence-electron chi connectivity index (χ1n) is 7.64. The van der Waals surface area contributed by atoms with Gasteiger partial charge in [0.15, 0.2) is 0 Å². The zero-order valence-electron chi connectivity index (χ0n) is 12.8. The van der Waals surface area contributed by atoms with Gasteiger partial charge in [-0.2, -0.15) is 5.10 Å². The molecule has 3 heterocycles. The lowest BCUT2D eigenvalue weighted by Crippen LogP contribution is -2.24. The maximum absolute atomic E-state index is 12.8. The van der Waals surface area contributed by atoms with Gasteiger partial charge in [0.05, 0.1) is 17.6 Å². The molecule has 0 atom stereocenters. The van der Waals surface area contributed by atoms with Gasteiger partial charge in [0.2, 0.25) is 0 Å². The predicted octanol–water partition coefficient (Wildman–Crippen LogP) is 2.90. The minimum absolute atomic E-state index is 0.151. The summed E-state index contributed by atoms with van der Waals surface area (Å²) in [5, 5.41) is 5.09. The molecule has 0 aliphatic heterocycles. The molecule has 5 nitrogen and oxygen atoms in total. The first-order chi connectivity index (χ1) is 11.8. The number of nitrogens with zero attached hydrogens (tertiary/aromatic N) is 4. The summed E-state index contributed by atoms with van der Waals surface area (Å²) in [4.78, 5) is 21.5. The third-order valence-corrected chi connectivity index (χ3v) is 3.80. The molecule has 0 aliphatic carbocycles. The van der Waals surface area contributed by atoms with Crippen LogP contribution in [-0.2, 0) is 6.54 Å². The van der Waals surface area contributed by atoms with Gasteiger partial charge in [-0.15, -0.1) is 0 Å². The number of benzene rings is 1. The molecular formula is C19H14N4O. The molecule has 0 spiro atoms. The quantitative estimate of drug-likeness (QED) is 0.583. The fourth-order valence-electron chi connectivity index (χ4n) is 2.66. The highest BCUT2D eigenvalue weighted by Crippen LogP contribution is 2.20. The molecule has 24 heavy (non-hydrogen) atoms. The van der Waals surface area contributed by atoms with Crippen LogP contribution < -0.4 is 5.56 Å². The van der Waals surface area contributed by atoms with Crippen LogP contribution in [0, 0.1) is 0 Å². The number of hydrogen-bond donors (Lipinski definition) is 0. The highest BCUT2D eigenvalue weighted by atomic mass is 16.1. The number of fused-ring (bicyclic) bond motifs is 1. The summed E-state index contributed by atoms with van der Waals surface area (Å²) >= 11 is 0. The molecule has 0 aliphatic rings. The Morgan fingerprint density at radius 1 is 0.833 bits per heavy atom. The lowest BCUT2D eigenvalue weighted by Gasteiger charge is -2.10. The smallest absolute Gasteiger partial charge is 0.267 e. The molecular weight excluding hydrogens is 300 g/mol. The second-order valence-electron chi connectivity index (χ2n) is 5.41. The van der Waals surface area contributed by atoms with Gasteiger partial charge < -0.3 is 0 Å². The van der Waals surface area contributed by atoms with Gasteiger partial charge in [0, 0.05) is 12.4 Å². The van der Waals surface area contributed by atoms with Gasteiger partial charge in [0.1, 0.15) is 11.2 Å². The van der Waals surface area contributed by atoms with Crippen molar-refractivity contribution in [2.45, 2.75) is 6.54 Å². The van der Waals surface area contributed by atoms with Crippen LogP contribution in [0.15, 0.2) is 77.9 Å². The molecule has 3 aromatic heterocycles. The Labute approximate surface area is 138 Å². The van der Waals surface area contributed by atoms with E-state index < -0.39 is 0 Å². The average molecular weight is 314 g/mol. The van der Waals surface area contributed by atoms with Crippen LogP contribution in [-0.4, -0.2) is 19.7 Å². The summed E-state index contributed by atoms with van der Waals surface area (Å²) in [5.74, 6) is 0. The zero-order chi connectivity index (χ0) is 16.4. The van der Waals surface area contributed by atoms with Crippen molar-refractivity contribution in [2.75, 3.05) is 0 Å². The zero-order valence-corrected chi connectivity index (χ0v) is 12.8. The number of pyridine rings is 2. The summed E-state index contributed by atoms with van der Waals surface area (Å²) in [7, 11) is 0. The number of aromatic nitrogens is 4. The van der Waals surface area contributed by atoms with E-state index in [1.807, 2.05) is 48.5 Å². The topological polar surface area (TPSA) is 60.7 Å². The minimum Gasteiger partial charge on any atom is -0.267 e. The molecule has 0 unspecified atom stereocenters. The third-order valence-electron chi connectivity index (χ3n) is 3.80. The van der Waals surface area contributed by atoms with Crippen molar-refractivity contribution in [1.82, 2.24) is 19.7 Å². The SMILES string of the molecule is O=c1c2cccnc2c(-c2ccccn2)nn1Cc1ccccc1. The lowest BCUT2D eigenvalue weighted by molar-refractivity contribution is 0.649. The second kappa shape index (κ2) is 6.04. The van der Waals surface area contributed by atoms with Crippen molar-refractivity contribution in [3.63, 3.8) is 0 Å². The summed E-state index contributed by atoms with van der Waals surface area (Å²) in [5.41, 5.74) is 2.75. The number of hydrogen-bond acceptors (Lipinski definition) is 4. The summed E-state index contributed by atoms with van der Waals surface area (Å²) in [6.45, 7) is 0.407. The van der Waals surface area contributed by atoms with Crippen LogP contribution >= 0.6 is 0 Å². The van der Waals surface area contributed by atoms with E-state index in [9.17, 15) is 4.79 Å². The van der Waals surface area contributed by atoms with Crippen LogP contribution in [0.3, 0.4) is 0 Å². The van der Waals surface area contributed by atoms with Crippen molar-refractivity contribution >= 4 is 10.9 Å². The highest BCUT2D eigenvalue weighted by Gasteiger charge is 2.14. The van der Waals surface area contributed by atoms with Gasteiger partial charge >= 0.3 is 0 Å². The van der Waals surface area contributed by atoms with Crippen LogP contribution in [0.2, 0.25) is 0 Å². The first kappa shape index (κ1) is 14.3. The van der Waals surface area contributed by atoms with E-state index >= 15 is 0 Å². The molecule has 116 valence electrons. The van der Waals surface area contributed by atoms with E-state index in [-0.39, 0.29) is 5.56 Å². The van der Waals surface area contributed by atoms with E-state index in [2.05, 4.69) is 15.1 Å². The van der Waals surface area contributed by atoms with E-state index in [1.54, 1.807) is 24.5 Å². The molecule has 0 N–H and O–H groups in total. The van der Waals surface area contributed by atoms with Crippen LogP contribution in [0.1, 0.15) is 5.56 Å². The van der Waals surface area contributed by atoms with Crippen molar-refractivity contribution < 1.29 is 0 Å². The standard InChI is InChI=1S/C19H14N4O/c24-19-15-9-6-12-21-17(15)18(16-10-4-5-11-20-16)22-23(19)13-14-7-2-1-3-8-14/h1-12H,13H2. The summed E-state index contributed by atoms with van der Waals surface area (Å²) < 4.78 is 1.48. The second-order valence-corrected chi connectivity index (χ2v) is 5.41. The van der Waals surface area contributed by atoms with E-state index in [4.69, 9.17) is 0 Å². The van der Waals surface area contributed by atoms with Gasteiger partial charge in [-0.25, -0.2) is 4.68 Å². The monoisotopic (exact) mass is 314 g/mol. The average Bonchev–Trinajstić information content (AvgIpc) is 2.66. The number of rotatable bonds is 3. The van der Waals surface area contributed by atoms with Crippen molar-refractivity contribution in [3.05, 3.63) is 89.0 Å². The maximum Gasteiger partial charge on any atom is 0.276 e. The molecule has 1 aromatic carbocycles. The Morgan fingerprint density at radius 2 is 1.62 bits per heavy atom. The normalized spacial score (nSPS) is 10.8. The van der Waals surface area contributed by atoms with Crippen LogP contribution in [0.5, 0.6) is 0 Å². The van der Waals surface area contributed by atoms with Gasteiger partial charge in [-0.3, -0.25) is 14.8 Å². The highest BCUT2D eigenvalue weighted by molar-refractivity contribution is 5.89. The Kier molecular flexibility index (Phi) is 3.59. The fourth-order valence-corrected chi connectivity index (χ4v) is 2.66. The molecule has 4 aromatic rings. The van der Waals surface area contributed by atoms with Gasteiger partial charge in [-0.05, 0) is 29.8 Å². The predicted molar refractivity (Wildman–Crippen MR) is 92.6 cm³/mol. The Balaban J connectivity index is 1.95. The lowest BCUT2D eigenvalue weighted by atomic mass is 10.2. The van der Waals surface area contributed by atoms with Crippen molar-refractivity contribution in [2.24, 2.45) is 0 Å². The minimum atomic E-state index is -0.151. The molecule has 5 heteroatoms. The Hall–Kier alpha value is -3.34. The third kappa shape index (κ3) is 2.56. The summed E-state index contributed by atoms with van der Waals surface area (Å²) in [6.07, 6.45) is 3.37. The summed E-state index contributed by atoms with van der Waals surface area (Å²) in [6, 6.07) is 18.9. The Morgan fingerprint density at radius 3 is 2.42 bits per heavy atom. The molecule has 0 saturated carbocycles. The molecule has 0 bridgehead atoms. The van der Waals surface area contributed by atoms with Crippen LogP contribution in [0.4, 0.5) is 0 Å². The molecule has 0 saturated heterocycles. The van der Waals surface area contributed by atoms with E-state index in [0.29, 0.717) is 28.8 Å². The first-order valence-corrected chi connectivity index (χ1v) is 7.64. The fraction of sp³-hybridized carbons (Fsp3) is 0.0526. The van der Waals surface area contributed by atoms with Gasteiger partial charge in [0.25, 0.3) is 5.56 Å². The van der Waals surface area contributed by atoms with Crippen LogP contribution in [0.25, 0.3) is 22.3 Å².